The summed E-state index contributed by atoms with van der Waals surface area (Å²) in [5.74, 6) is -3.52. The highest BCUT2D eigenvalue weighted by Gasteiger charge is 2.17. The number of carbonyl (C=O) groups is 4. The van der Waals surface area contributed by atoms with Gasteiger partial charge in [0.1, 0.15) is 0 Å². The van der Waals surface area contributed by atoms with Crippen molar-refractivity contribution in [3.63, 3.8) is 0 Å². The van der Waals surface area contributed by atoms with E-state index in [0.29, 0.717) is 0 Å². The third-order valence-corrected chi connectivity index (χ3v) is 1.81. The van der Waals surface area contributed by atoms with Crippen molar-refractivity contribution in [1.29, 1.82) is 0 Å². The second-order valence-corrected chi connectivity index (χ2v) is 3.38. The van der Waals surface area contributed by atoms with E-state index in [1.807, 2.05) is 0 Å². The monoisotopic (exact) mass is 261 g/mol. The first-order valence-electron chi connectivity index (χ1n) is 4.98. The second-order valence-electron chi connectivity index (χ2n) is 3.38. The van der Waals surface area contributed by atoms with Gasteiger partial charge in [0, 0.05) is 7.05 Å². The zero-order chi connectivity index (χ0) is 14.1. The molecule has 0 aromatic rings. The summed E-state index contributed by atoms with van der Waals surface area (Å²) >= 11 is 0. The molecule has 0 aromatic heterocycles. The van der Waals surface area contributed by atoms with E-state index in [9.17, 15) is 19.2 Å². The number of carboxylic acids is 2. The van der Waals surface area contributed by atoms with Gasteiger partial charge in [0.05, 0.1) is 26.2 Å². The summed E-state index contributed by atoms with van der Waals surface area (Å²) in [7, 11) is 1.40. The van der Waals surface area contributed by atoms with Crippen LogP contribution in [0.1, 0.15) is 0 Å². The third kappa shape index (κ3) is 8.05. The predicted octanol–water partition coefficient (Wildman–Crippen LogP) is -2.68. The number of carboxylic acid groups (broad SMARTS) is 2. The molecular weight excluding hydrogens is 246 g/mol. The summed E-state index contributed by atoms with van der Waals surface area (Å²) in [6.07, 6.45) is 0. The topological polar surface area (TPSA) is 136 Å². The number of amides is 2. The molecule has 0 heterocycles. The van der Waals surface area contributed by atoms with Gasteiger partial charge >= 0.3 is 11.9 Å². The number of nitrogens with one attached hydrogen (secondary N) is 2. The van der Waals surface area contributed by atoms with Crippen LogP contribution in [0.5, 0.6) is 0 Å². The van der Waals surface area contributed by atoms with Crippen molar-refractivity contribution in [2.24, 2.45) is 0 Å². The lowest BCUT2D eigenvalue weighted by Crippen LogP contribution is -2.44. The predicted molar refractivity (Wildman–Crippen MR) is 58.8 cm³/mol. The normalized spacial score (nSPS) is 9.89. The van der Waals surface area contributed by atoms with Crippen molar-refractivity contribution in [1.82, 2.24) is 15.5 Å². The fourth-order valence-corrected chi connectivity index (χ4v) is 1.08. The first-order chi connectivity index (χ1) is 8.35. The summed E-state index contributed by atoms with van der Waals surface area (Å²) in [6, 6.07) is 0. The molecule has 0 spiro atoms. The van der Waals surface area contributed by atoms with Crippen LogP contribution in [-0.4, -0.2) is 72.1 Å². The Labute approximate surface area is 103 Å². The van der Waals surface area contributed by atoms with E-state index in [2.05, 4.69) is 10.6 Å². The maximum absolute atomic E-state index is 11.3. The molecular formula is C9H15N3O6. The molecule has 0 rings (SSSR count). The lowest BCUT2D eigenvalue weighted by Gasteiger charge is -2.17. The van der Waals surface area contributed by atoms with Gasteiger partial charge in [-0.15, -0.1) is 0 Å². The highest BCUT2D eigenvalue weighted by atomic mass is 16.4. The van der Waals surface area contributed by atoms with E-state index in [1.165, 1.54) is 7.05 Å². The molecule has 0 saturated carbocycles. The quantitative estimate of drug-likeness (QED) is 0.374. The summed E-state index contributed by atoms with van der Waals surface area (Å²) in [6.45, 7) is -1.79. The number of hydrogen-bond donors (Lipinski definition) is 4. The van der Waals surface area contributed by atoms with Gasteiger partial charge in [-0.3, -0.25) is 24.1 Å². The van der Waals surface area contributed by atoms with Crippen molar-refractivity contribution < 1.29 is 29.4 Å². The standard InChI is InChI=1S/C9H15N3O6/c1-10-6(13)2-11-7(14)3-12(4-8(15)16)5-9(17)18/h2-5H2,1H3,(H,10,13)(H,11,14)(H,15,16)(H,17,18). The van der Waals surface area contributed by atoms with E-state index >= 15 is 0 Å². The van der Waals surface area contributed by atoms with E-state index in [1.54, 1.807) is 0 Å². The summed E-state index contributed by atoms with van der Waals surface area (Å²) in [5.41, 5.74) is 0. The van der Waals surface area contributed by atoms with E-state index in [0.717, 1.165) is 4.90 Å². The van der Waals surface area contributed by atoms with Crippen LogP contribution in [0.25, 0.3) is 0 Å². The fourth-order valence-electron chi connectivity index (χ4n) is 1.08. The zero-order valence-corrected chi connectivity index (χ0v) is 9.80. The van der Waals surface area contributed by atoms with Crippen LogP contribution in [0.15, 0.2) is 0 Å². The Morgan fingerprint density at radius 1 is 0.944 bits per heavy atom. The first-order valence-corrected chi connectivity index (χ1v) is 4.98. The molecule has 0 aliphatic heterocycles. The van der Waals surface area contributed by atoms with Crippen molar-refractivity contribution in [3.05, 3.63) is 0 Å². The van der Waals surface area contributed by atoms with Gasteiger partial charge < -0.3 is 20.8 Å². The van der Waals surface area contributed by atoms with Crippen LogP contribution in [0.4, 0.5) is 0 Å². The van der Waals surface area contributed by atoms with Crippen LogP contribution < -0.4 is 10.6 Å². The van der Waals surface area contributed by atoms with E-state index in [-0.39, 0.29) is 6.54 Å². The van der Waals surface area contributed by atoms with Crippen LogP contribution in [-0.2, 0) is 19.2 Å². The molecule has 0 atom stereocenters. The molecule has 0 radical (unpaired) electrons. The highest BCUT2D eigenvalue weighted by Crippen LogP contribution is 1.88. The Morgan fingerprint density at radius 3 is 1.83 bits per heavy atom. The van der Waals surface area contributed by atoms with E-state index in [4.69, 9.17) is 10.2 Å². The molecule has 0 aliphatic rings. The van der Waals surface area contributed by atoms with Gasteiger partial charge in [-0.05, 0) is 0 Å². The van der Waals surface area contributed by atoms with Gasteiger partial charge in [-0.1, -0.05) is 0 Å². The largest absolute Gasteiger partial charge is 0.480 e. The molecule has 2 amide bonds. The summed E-state index contributed by atoms with van der Waals surface area (Å²) < 4.78 is 0. The van der Waals surface area contributed by atoms with Gasteiger partial charge in [0.15, 0.2) is 0 Å². The van der Waals surface area contributed by atoms with Crippen molar-refractivity contribution >= 4 is 23.8 Å². The first kappa shape index (κ1) is 15.8. The molecule has 4 N–H and O–H groups in total. The number of likely N-dealkylation sites (N-methyl/N-ethyl adjacent to an activating group) is 1. The molecule has 0 aliphatic carbocycles. The summed E-state index contributed by atoms with van der Waals surface area (Å²) in [5, 5.41) is 21.6. The van der Waals surface area contributed by atoms with Crippen LogP contribution >= 0.6 is 0 Å². The molecule has 0 unspecified atom stereocenters. The second kappa shape index (κ2) is 8.01. The van der Waals surface area contributed by atoms with Crippen molar-refractivity contribution in [2.75, 3.05) is 33.2 Å². The van der Waals surface area contributed by atoms with Crippen LogP contribution in [0.2, 0.25) is 0 Å². The maximum Gasteiger partial charge on any atom is 0.317 e. The third-order valence-electron chi connectivity index (χ3n) is 1.81. The average molecular weight is 261 g/mol. The molecule has 0 aromatic carbocycles. The Balaban J connectivity index is 4.21. The van der Waals surface area contributed by atoms with Crippen LogP contribution in [0, 0.1) is 0 Å². The Bertz CT molecular complexity index is 327. The lowest BCUT2D eigenvalue weighted by atomic mass is 10.4. The molecule has 0 bridgehead atoms. The maximum atomic E-state index is 11.3. The number of nitrogens with zero attached hydrogens (tertiary/aromatic N) is 1. The molecule has 102 valence electrons. The van der Waals surface area contributed by atoms with Gasteiger partial charge in [-0.25, -0.2) is 0 Å². The van der Waals surface area contributed by atoms with E-state index < -0.39 is 43.4 Å². The molecule has 0 fully saturated rings. The number of hydrogen-bond acceptors (Lipinski definition) is 5. The Hall–Kier alpha value is -2.16. The fraction of sp³-hybridized carbons (Fsp3) is 0.556. The highest BCUT2D eigenvalue weighted by molar-refractivity contribution is 5.86. The number of carbonyl (C=O) groups excluding carboxylic acids is 2. The zero-order valence-electron chi connectivity index (χ0n) is 9.80. The molecule has 0 saturated heterocycles. The van der Waals surface area contributed by atoms with Crippen molar-refractivity contribution in [2.45, 2.75) is 0 Å². The smallest absolute Gasteiger partial charge is 0.317 e. The Morgan fingerprint density at radius 2 is 1.44 bits per heavy atom. The number of aliphatic carboxylic acids is 2. The van der Waals surface area contributed by atoms with Crippen molar-refractivity contribution in [3.8, 4) is 0 Å². The molecule has 9 nitrogen and oxygen atoms in total. The van der Waals surface area contributed by atoms with Gasteiger partial charge in [-0.2, -0.15) is 0 Å². The molecule has 18 heavy (non-hydrogen) atoms. The lowest BCUT2D eigenvalue weighted by molar-refractivity contribution is -0.142. The minimum absolute atomic E-state index is 0.247. The minimum atomic E-state index is -1.24. The van der Waals surface area contributed by atoms with Crippen LogP contribution in [0.3, 0.4) is 0 Å². The SMILES string of the molecule is CNC(=O)CNC(=O)CN(CC(=O)O)CC(=O)O. The van der Waals surface area contributed by atoms with Gasteiger partial charge in [0.2, 0.25) is 11.8 Å². The minimum Gasteiger partial charge on any atom is -0.480 e. The summed E-state index contributed by atoms with van der Waals surface area (Å²) in [4.78, 5) is 44.0. The Kier molecular flexibility index (Phi) is 7.05. The average Bonchev–Trinajstić information content (AvgIpc) is 2.23. The molecule has 9 heteroatoms. The number of rotatable bonds is 8. The van der Waals surface area contributed by atoms with Gasteiger partial charge in [0.25, 0.3) is 0 Å².